The Balaban J connectivity index is 1.54. The molecule has 3 aromatic heterocycles. The number of aryl methyl sites for hydroxylation is 1. The molecule has 7 nitrogen and oxygen atoms in total. The zero-order valence-electron chi connectivity index (χ0n) is 21.7. The topological polar surface area (TPSA) is 75.4 Å². The van der Waals surface area contributed by atoms with E-state index in [4.69, 9.17) is 10.1 Å². The second-order valence-corrected chi connectivity index (χ2v) is 10.4. The Kier molecular flexibility index (Phi) is 6.48. The van der Waals surface area contributed by atoms with E-state index in [0.29, 0.717) is 13.1 Å². The Labute approximate surface area is 216 Å². The summed E-state index contributed by atoms with van der Waals surface area (Å²) in [7, 11) is 0. The maximum atomic E-state index is 12.3. The van der Waals surface area contributed by atoms with Crippen LogP contribution in [0.5, 0.6) is 0 Å². The van der Waals surface area contributed by atoms with Gasteiger partial charge in [0.1, 0.15) is 5.69 Å². The fraction of sp³-hybridized carbons (Fsp3) is 0.267. The first-order chi connectivity index (χ1) is 17.8. The van der Waals surface area contributed by atoms with Crippen LogP contribution in [-0.2, 0) is 11.3 Å². The number of benzene rings is 2. The van der Waals surface area contributed by atoms with Gasteiger partial charge in [-0.25, -0.2) is 4.40 Å². The van der Waals surface area contributed by atoms with Crippen molar-refractivity contribution in [2.24, 2.45) is 5.41 Å². The molecule has 3 heterocycles. The molecule has 0 saturated heterocycles. The summed E-state index contributed by atoms with van der Waals surface area (Å²) in [4.78, 5) is 18.8. The Morgan fingerprint density at radius 2 is 1.78 bits per heavy atom. The van der Waals surface area contributed by atoms with Crippen LogP contribution in [0.1, 0.15) is 32.2 Å². The van der Waals surface area contributed by atoms with Crippen molar-refractivity contribution in [1.82, 2.24) is 19.7 Å². The van der Waals surface area contributed by atoms with Crippen LogP contribution in [0.4, 0.5) is 0 Å². The standard InChI is InChI=1S/C30H32N5O2/c1-21-32-35(26-12-10-23(11-13-26)18-33(22(2)37)19-30(3,4)20-36)29-27-16-25(24-8-6-5-7-9-24)17-31-28(27)14-15-34(21)29/h5-17,36H,18-20H2,1-4H3/q+1. The summed E-state index contributed by atoms with van der Waals surface area (Å²) in [5.74, 6) is 0.865. The van der Waals surface area contributed by atoms with E-state index < -0.39 is 0 Å². The molecule has 1 amide bonds. The number of pyridine rings is 2. The number of aliphatic hydroxyl groups is 1. The van der Waals surface area contributed by atoms with Crippen LogP contribution in [-0.4, -0.2) is 43.8 Å². The molecule has 0 bridgehead atoms. The minimum absolute atomic E-state index is 0.0103. The van der Waals surface area contributed by atoms with Gasteiger partial charge in [-0.1, -0.05) is 61.0 Å². The zero-order chi connectivity index (χ0) is 26.2. The van der Waals surface area contributed by atoms with Gasteiger partial charge in [0.25, 0.3) is 11.5 Å². The molecule has 0 spiro atoms. The highest BCUT2D eigenvalue weighted by Gasteiger charge is 2.24. The minimum Gasteiger partial charge on any atom is -0.396 e. The molecule has 0 aliphatic carbocycles. The summed E-state index contributed by atoms with van der Waals surface area (Å²) < 4.78 is 4.04. The molecule has 7 heteroatoms. The average molecular weight is 495 g/mol. The SMILES string of the molecule is CC(=O)N(Cc1ccc(-n2nc(C)[n+]3ccc4ncc(-c5ccccc5)cc4c23)cc1)CC(C)(C)CO. The first-order valence-electron chi connectivity index (χ1n) is 12.5. The van der Waals surface area contributed by atoms with Gasteiger partial charge < -0.3 is 10.0 Å². The molecule has 1 N–H and O–H groups in total. The van der Waals surface area contributed by atoms with Crippen molar-refractivity contribution in [2.45, 2.75) is 34.2 Å². The van der Waals surface area contributed by atoms with Gasteiger partial charge in [0, 0.05) is 55.8 Å². The van der Waals surface area contributed by atoms with Gasteiger partial charge in [-0.15, -0.1) is 0 Å². The molecule has 0 atom stereocenters. The number of aliphatic hydroxyl groups excluding tert-OH is 1. The molecule has 0 aliphatic rings. The second-order valence-electron chi connectivity index (χ2n) is 10.4. The van der Waals surface area contributed by atoms with E-state index in [2.05, 4.69) is 22.6 Å². The highest BCUT2D eigenvalue weighted by Crippen LogP contribution is 2.26. The lowest BCUT2D eigenvalue weighted by atomic mass is 9.94. The third-order valence-electron chi connectivity index (χ3n) is 6.72. The number of aromatic nitrogens is 4. The molecule has 37 heavy (non-hydrogen) atoms. The number of carbonyl (C=O) groups excluding carboxylic acids is 1. The van der Waals surface area contributed by atoms with E-state index in [1.165, 1.54) is 0 Å². The van der Waals surface area contributed by atoms with Crippen molar-refractivity contribution >= 4 is 22.5 Å². The van der Waals surface area contributed by atoms with Crippen LogP contribution in [0.15, 0.2) is 79.1 Å². The highest BCUT2D eigenvalue weighted by molar-refractivity contribution is 5.92. The fourth-order valence-corrected chi connectivity index (χ4v) is 4.63. The van der Waals surface area contributed by atoms with Crippen molar-refractivity contribution in [3.05, 3.63) is 90.5 Å². The Morgan fingerprint density at radius 1 is 1.05 bits per heavy atom. The molecule has 0 saturated carbocycles. The summed E-state index contributed by atoms with van der Waals surface area (Å²) in [6.07, 6.45) is 3.92. The van der Waals surface area contributed by atoms with Crippen LogP contribution in [0.2, 0.25) is 0 Å². The van der Waals surface area contributed by atoms with Crippen LogP contribution >= 0.6 is 0 Å². The maximum Gasteiger partial charge on any atom is 0.280 e. The van der Waals surface area contributed by atoms with E-state index in [9.17, 15) is 9.90 Å². The molecule has 0 aliphatic heterocycles. The monoisotopic (exact) mass is 494 g/mol. The van der Waals surface area contributed by atoms with Gasteiger partial charge in [0.2, 0.25) is 5.91 Å². The summed E-state index contributed by atoms with van der Waals surface area (Å²) in [6, 6.07) is 22.6. The average Bonchev–Trinajstić information content (AvgIpc) is 3.25. The largest absolute Gasteiger partial charge is 0.396 e. The Morgan fingerprint density at radius 3 is 2.46 bits per heavy atom. The van der Waals surface area contributed by atoms with Crippen LogP contribution in [0, 0.1) is 12.3 Å². The van der Waals surface area contributed by atoms with Crippen LogP contribution < -0.4 is 4.40 Å². The first-order valence-corrected chi connectivity index (χ1v) is 12.5. The fourth-order valence-electron chi connectivity index (χ4n) is 4.63. The molecule has 5 rings (SSSR count). The van der Waals surface area contributed by atoms with E-state index >= 15 is 0 Å². The van der Waals surface area contributed by atoms with E-state index in [-0.39, 0.29) is 17.9 Å². The van der Waals surface area contributed by atoms with Crippen LogP contribution in [0.25, 0.3) is 33.4 Å². The molecule has 0 unspecified atom stereocenters. The summed E-state index contributed by atoms with van der Waals surface area (Å²) in [5, 5.41) is 15.5. The molecular weight excluding hydrogens is 462 g/mol. The van der Waals surface area contributed by atoms with Crippen molar-refractivity contribution in [3.63, 3.8) is 0 Å². The lowest BCUT2D eigenvalue weighted by Crippen LogP contribution is -2.38. The van der Waals surface area contributed by atoms with E-state index in [1.807, 2.05) is 86.4 Å². The van der Waals surface area contributed by atoms with Gasteiger partial charge in [-0.05, 0) is 35.4 Å². The third-order valence-corrected chi connectivity index (χ3v) is 6.72. The Hall–Kier alpha value is -4.10. The number of hydrogen-bond acceptors (Lipinski definition) is 4. The lowest BCUT2D eigenvalue weighted by molar-refractivity contribution is -0.519. The van der Waals surface area contributed by atoms with E-state index in [0.717, 1.165) is 44.8 Å². The molecule has 0 fully saturated rings. The van der Waals surface area contributed by atoms with Gasteiger partial charge in [-0.2, -0.15) is 0 Å². The van der Waals surface area contributed by atoms with Gasteiger partial charge in [-0.3, -0.25) is 9.78 Å². The maximum absolute atomic E-state index is 12.3. The number of amides is 1. The van der Waals surface area contributed by atoms with Gasteiger partial charge in [0.05, 0.1) is 17.1 Å². The van der Waals surface area contributed by atoms with Crippen molar-refractivity contribution in [3.8, 4) is 16.8 Å². The van der Waals surface area contributed by atoms with Gasteiger partial charge >= 0.3 is 0 Å². The van der Waals surface area contributed by atoms with Crippen molar-refractivity contribution in [2.75, 3.05) is 13.2 Å². The van der Waals surface area contributed by atoms with Crippen molar-refractivity contribution < 1.29 is 14.3 Å². The number of carbonyl (C=O) groups is 1. The van der Waals surface area contributed by atoms with Crippen molar-refractivity contribution in [1.29, 1.82) is 0 Å². The number of rotatable bonds is 7. The van der Waals surface area contributed by atoms with Gasteiger partial charge in [0.15, 0.2) is 0 Å². The predicted molar refractivity (Wildman–Crippen MR) is 144 cm³/mol. The second kappa shape index (κ2) is 9.75. The normalized spacial score (nSPS) is 11.8. The quantitative estimate of drug-likeness (QED) is 0.338. The first kappa shape index (κ1) is 24.6. The highest BCUT2D eigenvalue weighted by atomic mass is 16.3. The predicted octanol–water partition coefficient (Wildman–Crippen LogP) is 4.50. The minimum atomic E-state index is -0.359. The molecule has 5 aromatic rings. The summed E-state index contributed by atoms with van der Waals surface area (Å²) >= 11 is 0. The molecule has 0 radical (unpaired) electrons. The van der Waals surface area contributed by atoms with E-state index in [1.54, 1.807) is 11.8 Å². The summed E-state index contributed by atoms with van der Waals surface area (Å²) in [6.45, 7) is 8.47. The number of nitrogens with zero attached hydrogens (tertiary/aromatic N) is 5. The molecular formula is C30H32N5O2+. The summed E-state index contributed by atoms with van der Waals surface area (Å²) in [5.41, 5.74) is 5.61. The number of fused-ring (bicyclic) bond motifs is 3. The Bertz CT molecular complexity index is 1570. The zero-order valence-corrected chi connectivity index (χ0v) is 21.7. The molecule has 188 valence electrons. The lowest BCUT2D eigenvalue weighted by Gasteiger charge is -2.30. The third kappa shape index (κ3) is 4.95. The number of hydrogen-bond donors (Lipinski definition) is 1. The van der Waals surface area contributed by atoms with Crippen LogP contribution in [0.3, 0.4) is 0 Å². The smallest absolute Gasteiger partial charge is 0.280 e. The molecule has 2 aromatic carbocycles.